The van der Waals surface area contributed by atoms with Gasteiger partial charge in [-0.3, -0.25) is 10.1 Å². The summed E-state index contributed by atoms with van der Waals surface area (Å²) in [5, 5.41) is 14.3. The maximum absolute atomic E-state index is 13.2. The fourth-order valence-corrected chi connectivity index (χ4v) is 5.49. The normalized spacial score (nSPS) is 17.5. The van der Waals surface area contributed by atoms with Crippen LogP contribution in [0.2, 0.25) is 0 Å². The van der Waals surface area contributed by atoms with Crippen LogP contribution >= 0.6 is 0 Å². The molecule has 0 amide bonds. The molecule has 3 N–H and O–H groups in total. The van der Waals surface area contributed by atoms with Gasteiger partial charge in [-0.2, -0.15) is 0 Å². The van der Waals surface area contributed by atoms with Crippen molar-refractivity contribution in [3.63, 3.8) is 0 Å². The third kappa shape index (κ3) is 4.01. The minimum Gasteiger partial charge on any atom is -0.466 e. The molecule has 0 saturated carbocycles. The average Bonchev–Trinajstić information content (AvgIpc) is 2.58. The molecule has 0 bridgehead atoms. The van der Waals surface area contributed by atoms with Crippen LogP contribution in [0, 0.1) is 16.0 Å². The quantitative estimate of drug-likeness (QED) is 0.412. The second-order valence-corrected chi connectivity index (χ2v) is 8.86. The highest BCUT2D eigenvalue weighted by atomic mass is 32.2. The van der Waals surface area contributed by atoms with Gasteiger partial charge in [0.15, 0.2) is 9.84 Å². The van der Waals surface area contributed by atoms with Crippen molar-refractivity contribution in [3.8, 4) is 0 Å². The topological polar surface area (TPSA) is 142 Å². The van der Waals surface area contributed by atoms with E-state index in [2.05, 4.69) is 5.32 Å². The molecule has 1 heterocycles. The standard InChI is InChI=1S/C18H23N3O6S/c1-10(2)9-28(25,26)16-11(3)20-17(19)15(18(22)27-4)14(16)12-7-5-6-8-13(12)21(23)24/h5-8,10,14,20H,9,19H2,1-4H3. The summed E-state index contributed by atoms with van der Waals surface area (Å²) in [6, 6.07) is 5.68. The number of hydrogen-bond donors (Lipinski definition) is 2. The SMILES string of the molecule is COC(=O)C1=C(N)NC(C)=C(S(=O)(=O)CC(C)C)C1c1ccccc1[N+](=O)[O-]. The number of nitro groups is 1. The largest absolute Gasteiger partial charge is 0.466 e. The first-order chi connectivity index (χ1) is 13.0. The number of dihydropyridines is 1. The van der Waals surface area contributed by atoms with Gasteiger partial charge in [0.25, 0.3) is 5.69 Å². The number of benzene rings is 1. The van der Waals surface area contributed by atoms with Gasteiger partial charge in [-0.05, 0) is 12.8 Å². The highest BCUT2D eigenvalue weighted by molar-refractivity contribution is 7.95. The number of nitrogens with zero attached hydrogens (tertiary/aromatic N) is 1. The van der Waals surface area contributed by atoms with Crippen LogP contribution in [0.15, 0.2) is 46.3 Å². The van der Waals surface area contributed by atoms with Gasteiger partial charge in [0.1, 0.15) is 5.82 Å². The summed E-state index contributed by atoms with van der Waals surface area (Å²) in [5.74, 6) is -2.60. The molecule has 9 nitrogen and oxygen atoms in total. The summed E-state index contributed by atoms with van der Waals surface area (Å²) in [4.78, 5) is 23.3. The molecular weight excluding hydrogens is 386 g/mol. The number of methoxy groups -OCH3 is 1. The van der Waals surface area contributed by atoms with Crippen LogP contribution in [0.4, 0.5) is 5.69 Å². The fraction of sp³-hybridized carbons (Fsp3) is 0.389. The Morgan fingerprint density at radius 3 is 2.50 bits per heavy atom. The van der Waals surface area contributed by atoms with Crippen molar-refractivity contribution < 1.29 is 22.9 Å². The van der Waals surface area contributed by atoms with E-state index in [1.165, 1.54) is 31.2 Å². The van der Waals surface area contributed by atoms with E-state index in [1.807, 2.05) is 0 Å². The van der Waals surface area contributed by atoms with Crippen molar-refractivity contribution >= 4 is 21.5 Å². The summed E-state index contributed by atoms with van der Waals surface area (Å²) in [6.45, 7) is 5.00. The molecule has 1 aliphatic rings. The van der Waals surface area contributed by atoms with Crippen molar-refractivity contribution in [2.75, 3.05) is 12.9 Å². The molecule has 0 radical (unpaired) electrons. The van der Waals surface area contributed by atoms with Crippen LogP contribution in [0.1, 0.15) is 32.3 Å². The maximum Gasteiger partial charge on any atom is 0.338 e. The molecule has 1 aromatic carbocycles. The van der Waals surface area contributed by atoms with E-state index in [0.717, 1.165) is 7.11 Å². The number of hydrogen-bond acceptors (Lipinski definition) is 8. The minimum atomic E-state index is -3.87. The number of allylic oxidation sites excluding steroid dienone is 2. The Balaban J connectivity index is 2.86. The van der Waals surface area contributed by atoms with Crippen LogP contribution in [0.25, 0.3) is 0 Å². The van der Waals surface area contributed by atoms with E-state index >= 15 is 0 Å². The Morgan fingerprint density at radius 1 is 1.36 bits per heavy atom. The van der Waals surface area contributed by atoms with Gasteiger partial charge in [0.2, 0.25) is 0 Å². The first-order valence-corrected chi connectivity index (χ1v) is 10.2. The second-order valence-electron chi connectivity index (χ2n) is 6.86. The fourth-order valence-electron chi connectivity index (χ4n) is 3.31. The number of esters is 1. The highest BCUT2D eigenvalue weighted by Crippen LogP contribution is 2.43. The molecule has 10 heteroatoms. The Bertz CT molecular complexity index is 979. The van der Waals surface area contributed by atoms with Crippen LogP contribution in [0.5, 0.6) is 0 Å². The maximum atomic E-state index is 13.2. The lowest BCUT2D eigenvalue weighted by Crippen LogP contribution is -2.36. The number of ether oxygens (including phenoxy) is 1. The monoisotopic (exact) mass is 409 g/mol. The predicted octanol–water partition coefficient (Wildman–Crippen LogP) is 1.93. The summed E-state index contributed by atoms with van der Waals surface area (Å²) >= 11 is 0. The van der Waals surface area contributed by atoms with Gasteiger partial charge in [-0.15, -0.1) is 0 Å². The van der Waals surface area contributed by atoms with Gasteiger partial charge in [0, 0.05) is 17.3 Å². The lowest BCUT2D eigenvalue weighted by Gasteiger charge is -2.30. The minimum absolute atomic E-state index is 0.0547. The van der Waals surface area contributed by atoms with Gasteiger partial charge in [0.05, 0.1) is 34.2 Å². The number of rotatable bonds is 6. The van der Waals surface area contributed by atoms with Crippen LogP contribution in [0.3, 0.4) is 0 Å². The molecule has 0 aromatic heterocycles. The number of nitro benzene ring substituents is 1. The van der Waals surface area contributed by atoms with E-state index < -0.39 is 26.6 Å². The lowest BCUT2D eigenvalue weighted by atomic mass is 9.86. The Hall–Kier alpha value is -2.88. The summed E-state index contributed by atoms with van der Waals surface area (Å²) in [5.41, 5.74) is 5.76. The lowest BCUT2D eigenvalue weighted by molar-refractivity contribution is -0.385. The van der Waals surface area contributed by atoms with E-state index in [4.69, 9.17) is 10.5 Å². The zero-order valence-electron chi connectivity index (χ0n) is 16.1. The Labute approximate surface area is 163 Å². The van der Waals surface area contributed by atoms with Gasteiger partial charge >= 0.3 is 5.97 Å². The number of nitrogens with two attached hydrogens (primary N) is 1. The molecule has 0 spiro atoms. The number of carbonyl (C=O) groups excluding carboxylic acids is 1. The molecule has 2 rings (SSSR count). The number of carbonyl (C=O) groups is 1. The molecular formula is C18H23N3O6S. The van der Waals surface area contributed by atoms with Crippen LogP contribution in [-0.4, -0.2) is 32.2 Å². The van der Waals surface area contributed by atoms with Crippen molar-refractivity contribution in [1.29, 1.82) is 0 Å². The third-order valence-corrected chi connectivity index (χ3v) is 6.59. The average molecular weight is 409 g/mol. The summed E-state index contributed by atoms with van der Waals surface area (Å²) in [6.07, 6.45) is 0. The van der Waals surface area contributed by atoms with E-state index in [0.29, 0.717) is 0 Å². The van der Waals surface area contributed by atoms with Crippen molar-refractivity contribution in [2.24, 2.45) is 11.7 Å². The summed E-state index contributed by atoms with van der Waals surface area (Å²) < 4.78 is 31.1. The van der Waals surface area contributed by atoms with Crippen molar-refractivity contribution in [3.05, 3.63) is 61.9 Å². The predicted molar refractivity (Wildman–Crippen MR) is 104 cm³/mol. The third-order valence-electron chi connectivity index (χ3n) is 4.27. The zero-order valence-corrected chi connectivity index (χ0v) is 16.9. The molecule has 1 aliphatic heterocycles. The van der Waals surface area contributed by atoms with E-state index in [9.17, 15) is 23.3 Å². The van der Waals surface area contributed by atoms with E-state index in [1.54, 1.807) is 13.8 Å². The van der Waals surface area contributed by atoms with Gasteiger partial charge in [-0.1, -0.05) is 32.0 Å². The Kier molecular flexibility index (Phi) is 6.13. The van der Waals surface area contributed by atoms with Crippen molar-refractivity contribution in [2.45, 2.75) is 26.7 Å². The number of nitrogens with one attached hydrogen (secondary N) is 1. The van der Waals surface area contributed by atoms with Gasteiger partial charge in [-0.25, -0.2) is 13.2 Å². The molecule has 1 unspecified atom stereocenters. The molecule has 152 valence electrons. The zero-order chi connectivity index (χ0) is 21.2. The van der Waals surface area contributed by atoms with Crippen LogP contribution in [-0.2, 0) is 19.4 Å². The molecule has 0 saturated heterocycles. The number of para-hydroxylation sites is 1. The first-order valence-electron chi connectivity index (χ1n) is 8.53. The van der Waals surface area contributed by atoms with Crippen LogP contribution < -0.4 is 11.1 Å². The van der Waals surface area contributed by atoms with Crippen molar-refractivity contribution in [1.82, 2.24) is 5.32 Å². The van der Waals surface area contributed by atoms with E-state index in [-0.39, 0.29) is 44.9 Å². The number of sulfone groups is 1. The molecule has 0 aliphatic carbocycles. The Morgan fingerprint density at radius 2 is 1.96 bits per heavy atom. The van der Waals surface area contributed by atoms with Gasteiger partial charge < -0.3 is 15.8 Å². The second kappa shape index (κ2) is 8.01. The first kappa shape index (κ1) is 21.4. The summed E-state index contributed by atoms with van der Waals surface area (Å²) in [7, 11) is -2.74. The highest BCUT2D eigenvalue weighted by Gasteiger charge is 2.42. The molecule has 28 heavy (non-hydrogen) atoms. The molecule has 0 fully saturated rings. The smallest absolute Gasteiger partial charge is 0.338 e. The molecule has 1 aromatic rings. The molecule has 1 atom stereocenters.